The lowest BCUT2D eigenvalue weighted by Gasteiger charge is -2.36. The number of carboxylic acid groups (broad SMARTS) is 1. The third-order valence-electron chi connectivity index (χ3n) is 3.82. The third-order valence-corrected chi connectivity index (χ3v) is 4.66. The van der Waals surface area contributed by atoms with Crippen LogP contribution in [-0.4, -0.2) is 39.0 Å². The Kier molecular flexibility index (Phi) is 4.30. The van der Waals surface area contributed by atoms with Gasteiger partial charge in [-0.25, -0.2) is 0 Å². The summed E-state index contributed by atoms with van der Waals surface area (Å²) in [4.78, 5) is 25.2. The second-order valence-corrected chi connectivity index (χ2v) is 5.90. The van der Waals surface area contributed by atoms with Gasteiger partial charge in [0, 0.05) is 19.6 Å². The van der Waals surface area contributed by atoms with Crippen molar-refractivity contribution in [3.05, 3.63) is 21.9 Å². The highest BCUT2D eigenvalue weighted by Crippen LogP contribution is 2.29. The average molecular weight is 319 g/mol. The molecule has 7 heteroatoms. The zero-order valence-corrected chi connectivity index (χ0v) is 12.8. The van der Waals surface area contributed by atoms with Crippen molar-refractivity contribution in [2.75, 3.05) is 6.54 Å². The lowest BCUT2D eigenvalue weighted by Crippen LogP contribution is -2.46. The van der Waals surface area contributed by atoms with E-state index in [1.54, 1.807) is 22.6 Å². The first-order chi connectivity index (χ1) is 9.32. The van der Waals surface area contributed by atoms with Gasteiger partial charge in [-0.1, -0.05) is 23.2 Å². The monoisotopic (exact) mass is 318 g/mol. The highest BCUT2D eigenvalue weighted by atomic mass is 35.5. The van der Waals surface area contributed by atoms with Gasteiger partial charge in [0.2, 0.25) is 0 Å². The third kappa shape index (κ3) is 2.65. The van der Waals surface area contributed by atoms with Crippen LogP contribution in [0.15, 0.2) is 6.07 Å². The van der Waals surface area contributed by atoms with Gasteiger partial charge in [0.05, 0.1) is 10.9 Å². The maximum absolute atomic E-state index is 12.5. The van der Waals surface area contributed by atoms with E-state index in [1.165, 1.54) is 0 Å². The van der Waals surface area contributed by atoms with Crippen LogP contribution in [-0.2, 0) is 11.8 Å². The Morgan fingerprint density at radius 2 is 2.05 bits per heavy atom. The Balaban J connectivity index is 2.18. The van der Waals surface area contributed by atoms with Gasteiger partial charge in [0.25, 0.3) is 5.91 Å². The molecule has 1 fully saturated rings. The van der Waals surface area contributed by atoms with Crippen LogP contribution >= 0.6 is 23.2 Å². The number of carbonyl (C=O) groups is 2. The summed E-state index contributed by atoms with van der Waals surface area (Å²) in [5, 5.41) is 9.70. The quantitative estimate of drug-likeness (QED) is 0.911. The van der Waals surface area contributed by atoms with Crippen molar-refractivity contribution in [3.63, 3.8) is 0 Å². The molecule has 5 nitrogen and oxygen atoms in total. The van der Waals surface area contributed by atoms with Crippen LogP contribution in [0, 0.1) is 5.92 Å². The number of amides is 1. The van der Waals surface area contributed by atoms with Crippen molar-refractivity contribution < 1.29 is 14.7 Å². The number of nitrogens with zero attached hydrogens (tertiary/aromatic N) is 2. The van der Waals surface area contributed by atoms with Gasteiger partial charge in [-0.05, 0) is 25.8 Å². The molecule has 0 bridgehead atoms. The van der Waals surface area contributed by atoms with E-state index in [2.05, 4.69) is 0 Å². The van der Waals surface area contributed by atoms with Crippen LogP contribution in [0.4, 0.5) is 0 Å². The normalized spacial score (nSPS) is 22.9. The molecule has 110 valence electrons. The molecular weight excluding hydrogens is 303 g/mol. The molecule has 1 aliphatic rings. The number of aliphatic carboxylic acids is 1. The van der Waals surface area contributed by atoms with E-state index in [4.69, 9.17) is 28.3 Å². The number of carbonyl (C=O) groups excluding carboxylic acids is 1. The molecular formula is C13H16Cl2N2O3. The van der Waals surface area contributed by atoms with Crippen molar-refractivity contribution in [1.29, 1.82) is 0 Å². The van der Waals surface area contributed by atoms with E-state index in [-0.39, 0.29) is 17.9 Å². The van der Waals surface area contributed by atoms with Gasteiger partial charge >= 0.3 is 5.97 Å². The maximum atomic E-state index is 12.5. The largest absolute Gasteiger partial charge is 0.481 e. The van der Waals surface area contributed by atoms with Crippen LogP contribution in [0.25, 0.3) is 0 Å². The van der Waals surface area contributed by atoms with E-state index in [0.29, 0.717) is 35.3 Å². The molecule has 2 heterocycles. The molecule has 1 aromatic rings. The minimum absolute atomic E-state index is 0.121. The first kappa shape index (κ1) is 15.2. The molecule has 0 spiro atoms. The van der Waals surface area contributed by atoms with Gasteiger partial charge in [-0.2, -0.15) is 0 Å². The van der Waals surface area contributed by atoms with E-state index >= 15 is 0 Å². The van der Waals surface area contributed by atoms with Crippen LogP contribution in [0.3, 0.4) is 0 Å². The van der Waals surface area contributed by atoms with Gasteiger partial charge in [-0.3, -0.25) is 9.59 Å². The summed E-state index contributed by atoms with van der Waals surface area (Å²) in [5.41, 5.74) is 0.417. The fourth-order valence-corrected chi connectivity index (χ4v) is 2.97. The highest BCUT2D eigenvalue weighted by Gasteiger charge is 2.33. The minimum atomic E-state index is -0.797. The number of halogens is 2. The van der Waals surface area contributed by atoms with Gasteiger partial charge in [-0.15, -0.1) is 0 Å². The molecule has 0 saturated carbocycles. The fourth-order valence-electron chi connectivity index (χ4n) is 2.59. The molecule has 1 aromatic heterocycles. The summed E-state index contributed by atoms with van der Waals surface area (Å²) in [6, 6.07) is 1.42. The second-order valence-electron chi connectivity index (χ2n) is 5.13. The highest BCUT2D eigenvalue weighted by molar-refractivity contribution is 6.41. The molecule has 0 aliphatic carbocycles. The number of piperidine rings is 1. The summed E-state index contributed by atoms with van der Waals surface area (Å²) in [6.45, 7) is 2.29. The number of hydrogen-bond donors (Lipinski definition) is 1. The number of carboxylic acids is 1. The van der Waals surface area contributed by atoms with Gasteiger partial charge in [0.15, 0.2) is 0 Å². The topological polar surface area (TPSA) is 62.5 Å². The van der Waals surface area contributed by atoms with E-state index in [9.17, 15) is 9.59 Å². The average Bonchev–Trinajstić information content (AvgIpc) is 2.65. The molecule has 1 aliphatic heterocycles. The van der Waals surface area contributed by atoms with E-state index in [0.717, 1.165) is 0 Å². The predicted octanol–water partition coefficient (Wildman–Crippen LogP) is 2.66. The summed E-state index contributed by atoms with van der Waals surface area (Å²) in [6.07, 6.45) is 0.935. The zero-order valence-electron chi connectivity index (χ0n) is 11.3. The Hall–Kier alpha value is -1.20. The SMILES string of the molecule is CC1CC(C(=O)O)CCN1C(=O)c1cc(Cl)c(Cl)n1C. The number of likely N-dealkylation sites (tertiary alicyclic amines) is 1. The van der Waals surface area contributed by atoms with Crippen molar-refractivity contribution in [3.8, 4) is 0 Å². The second kappa shape index (κ2) is 5.66. The maximum Gasteiger partial charge on any atom is 0.306 e. The van der Waals surface area contributed by atoms with Gasteiger partial charge < -0.3 is 14.6 Å². The summed E-state index contributed by atoms with van der Waals surface area (Å²) in [7, 11) is 1.68. The van der Waals surface area contributed by atoms with Gasteiger partial charge in [0.1, 0.15) is 10.8 Å². The van der Waals surface area contributed by atoms with Crippen LogP contribution in [0.5, 0.6) is 0 Å². The molecule has 1 amide bonds. The van der Waals surface area contributed by atoms with E-state index < -0.39 is 5.97 Å². The minimum Gasteiger partial charge on any atom is -0.481 e. The van der Waals surface area contributed by atoms with Crippen molar-refractivity contribution in [2.45, 2.75) is 25.8 Å². The smallest absolute Gasteiger partial charge is 0.306 e. The lowest BCUT2D eigenvalue weighted by molar-refractivity contribution is -0.143. The molecule has 20 heavy (non-hydrogen) atoms. The zero-order chi connectivity index (χ0) is 15.0. The van der Waals surface area contributed by atoms with Crippen LogP contribution in [0.2, 0.25) is 10.2 Å². The summed E-state index contributed by atoms with van der Waals surface area (Å²) >= 11 is 11.9. The molecule has 1 N–H and O–H groups in total. The standard InChI is InChI=1S/C13H16Cl2N2O3/c1-7-5-8(13(19)20)3-4-17(7)12(18)10-6-9(14)11(15)16(10)2/h6-8H,3-5H2,1-2H3,(H,19,20). The van der Waals surface area contributed by atoms with Crippen molar-refractivity contribution >= 4 is 35.1 Å². The molecule has 2 atom stereocenters. The molecule has 2 rings (SSSR count). The predicted molar refractivity (Wildman–Crippen MR) is 76.3 cm³/mol. The van der Waals surface area contributed by atoms with Crippen molar-refractivity contribution in [2.24, 2.45) is 13.0 Å². The Bertz CT molecular complexity index is 556. The molecule has 0 aromatic carbocycles. The number of aromatic nitrogens is 1. The molecule has 0 radical (unpaired) electrons. The summed E-state index contributed by atoms with van der Waals surface area (Å²) in [5.74, 6) is -1.35. The van der Waals surface area contributed by atoms with E-state index in [1.807, 2.05) is 6.92 Å². The summed E-state index contributed by atoms with van der Waals surface area (Å²) < 4.78 is 1.54. The first-order valence-corrected chi connectivity index (χ1v) is 7.13. The number of rotatable bonds is 2. The Morgan fingerprint density at radius 1 is 1.40 bits per heavy atom. The van der Waals surface area contributed by atoms with Crippen molar-refractivity contribution in [1.82, 2.24) is 9.47 Å². The number of hydrogen-bond acceptors (Lipinski definition) is 2. The first-order valence-electron chi connectivity index (χ1n) is 6.37. The Labute approximate surface area is 127 Å². The van der Waals surface area contributed by atoms with Crippen LogP contribution in [0.1, 0.15) is 30.3 Å². The fraction of sp³-hybridized carbons (Fsp3) is 0.538. The molecule has 1 saturated heterocycles. The Morgan fingerprint density at radius 3 is 2.50 bits per heavy atom. The molecule has 2 unspecified atom stereocenters. The van der Waals surface area contributed by atoms with Crippen LogP contribution < -0.4 is 0 Å². The lowest BCUT2D eigenvalue weighted by atomic mass is 9.91.